The van der Waals surface area contributed by atoms with Crippen LogP contribution < -0.4 is 27.0 Å². The van der Waals surface area contributed by atoms with E-state index in [2.05, 4.69) is 43.1 Å². The first-order valence-corrected chi connectivity index (χ1v) is 11.9. The Morgan fingerprint density at radius 1 is 0.972 bits per heavy atom. The van der Waals surface area contributed by atoms with Crippen LogP contribution in [0.2, 0.25) is 10.0 Å². The van der Waals surface area contributed by atoms with Gasteiger partial charge in [0.25, 0.3) is 0 Å². The quantitative estimate of drug-likeness (QED) is 0.219. The minimum absolute atomic E-state index is 0.256. The number of aromatic nitrogens is 2. The van der Waals surface area contributed by atoms with E-state index in [4.69, 9.17) is 23.2 Å². The van der Waals surface area contributed by atoms with Gasteiger partial charge in [-0.3, -0.25) is 9.97 Å². The predicted octanol–water partition coefficient (Wildman–Crippen LogP) is 5.78. The zero-order valence-corrected chi connectivity index (χ0v) is 21.0. The van der Waals surface area contributed by atoms with Crippen LogP contribution in [0.5, 0.6) is 0 Å². The monoisotopic (exact) mass is 516 g/mol. The summed E-state index contributed by atoms with van der Waals surface area (Å²) >= 11 is 13.0. The number of aryl methyl sites for hydroxylation is 2. The Bertz CT molecular complexity index is 1530. The smallest absolute Gasteiger partial charge is 0.103 e. The summed E-state index contributed by atoms with van der Waals surface area (Å²) in [5.41, 5.74) is 15.7. The van der Waals surface area contributed by atoms with Gasteiger partial charge in [0.05, 0.1) is 33.5 Å². The van der Waals surface area contributed by atoms with Crippen LogP contribution in [0.25, 0.3) is 10.9 Å². The second-order valence-corrected chi connectivity index (χ2v) is 9.22. The van der Waals surface area contributed by atoms with Crippen LogP contribution in [0, 0.1) is 25.2 Å². The van der Waals surface area contributed by atoms with E-state index >= 15 is 0 Å². The highest BCUT2D eigenvalue weighted by atomic mass is 35.5. The maximum atomic E-state index is 9.81. The van der Waals surface area contributed by atoms with Gasteiger partial charge >= 0.3 is 0 Å². The van der Waals surface area contributed by atoms with Crippen molar-refractivity contribution in [3.63, 3.8) is 0 Å². The third-order valence-corrected chi connectivity index (χ3v) is 6.58. The van der Waals surface area contributed by atoms with Gasteiger partial charge in [0, 0.05) is 46.1 Å². The highest BCUT2D eigenvalue weighted by Crippen LogP contribution is 2.37. The number of nitrogens with one attached hydrogen (secondary N) is 5. The van der Waals surface area contributed by atoms with E-state index in [1.54, 1.807) is 0 Å². The maximum absolute atomic E-state index is 9.81. The van der Waals surface area contributed by atoms with Crippen molar-refractivity contribution in [2.75, 3.05) is 10.6 Å². The van der Waals surface area contributed by atoms with Crippen LogP contribution in [0.1, 0.15) is 28.4 Å². The number of fused-ring (bicyclic) bond motifs is 1. The molecule has 1 aliphatic heterocycles. The molecule has 5 rings (SSSR count). The highest BCUT2D eigenvalue weighted by molar-refractivity contribution is 6.36. The number of anilines is 3. The maximum Gasteiger partial charge on any atom is 0.103 e. The zero-order chi connectivity index (χ0) is 25.2. The van der Waals surface area contributed by atoms with Gasteiger partial charge in [-0.2, -0.15) is 10.8 Å². The van der Waals surface area contributed by atoms with Crippen LogP contribution in [-0.2, 0) is 0 Å². The summed E-state index contributed by atoms with van der Waals surface area (Å²) in [6, 6.07) is 15.4. The largest absolute Gasteiger partial charge is 0.373 e. The number of rotatable bonds is 6. The molecule has 36 heavy (non-hydrogen) atoms. The average molecular weight is 517 g/mol. The summed E-state index contributed by atoms with van der Waals surface area (Å²) in [6.45, 7) is 3.88. The van der Waals surface area contributed by atoms with Gasteiger partial charge in [0.15, 0.2) is 0 Å². The van der Waals surface area contributed by atoms with Crippen LogP contribution in [-0.4, -0.2) is 9.97 Å². The van der Waals surface area contributed by atoms with Crippen molar-refractivity contribution >= 4 is 51.2 Å². The van der Waals surface area contributed by atoms with Crippen molar-refractivity contribution in [2.24, 2.45) is 0 Å². The molecule has 0 saturated carbocycles. The number of hydrogen-bond acceptors (Lipinski definition) is 8. The van der Waals surface area contributed by atoms with Crippen LogP contribution in [0.4, 0.5) is 17.1 Å². The molecule has 0 radical (unpaired) electrons. The van der Waals surface area contributed by atoms with Gasteiger partial charge in [-0.1, -0.05) is 35.3 Å². The molecule has 180 valence electrons. The number of nitrogens with zero attached hydrogens (tertiary/aromatic N) is 3. The molecule has 0 saturated heterocycles. The lowest BCUT2D eigenvalue weighted by Gasteiger charge is -2.22. The number of hydrazine groups is 2. The lowest BCUT2D eigenvalue weighted by atomic mass is 10.0. The number of benzene rings is 2. The van der Waals surface area contributed by atoms with Crippen LogP contribution in [0.3, 0.4) is 0 Å². The van der Waals surface area contributed by atoms with Crippen molar-refractivity contribution in [1.82, 2.24) is 26.4 Å². The van der Waals surface area contributed by atoms with E-state index in [0.717, 1.165) is 33.9 Å². The van der Waals surface area contributed by atoms with Gasteiger partial charge in [0.1, 0.15) is 6.07 Å². The second-order valence-electron chi connectivity index (χ2n) is 8.41. The molecule has 3 heterocycles. The Labute approximate surface area is 218 Å². The van der Waals surface area contributed by atoms with E-state index in [9.17, 15) is 5.26 Å². The second kappa shape index (κ2) is 9.91. The Morgan fingerprint density at radius 2 is 1.81 bits per heavy atom. The molecule has 5 N–H and O–H groups in total. The predicted molar refractivity (Wildman–Crippen MR) is 144 cm³/mol. The zero-order valence-electron chi connectivity index (χ0n) is 19.4. The summed E-state index contributed by atoms with van der Waals surface area (Å²) in [5.74, 6) is 0. The number of halogens is 2. The fraction of sp³-hybridized carbons (Fsp3) is 0.115. The Hall–Kier alpha value is -4.03. The molecule has 2 aromatic heterocycles. The molecule has 8 nitrogen and oxygen atoms in total. The molecule has 2 aromatic carbocycles. The first-order chi connectivity index (χ1) is 17.4. The molecular formula is C26H22Cl2N8. The molecule has 1 aliphatic rings. The first-order valence-electron chi connectivity index (χ1n) is 11.1. The molecule has 0 amide bonds. The van der Waals surface area contributed by atoms with Crippen molar-refractivity contribution in [2.45, 2.75) is 19.9 Å². The molecule has 0 spiro atoms. The van der Waals surface area contributed by atoms with E-state index in [1.165, 1.54) is 6.20 Å². The Balaban J connectivity index is 1.59. The van der Waals surface area contributed by atoms with Crippen molar-refractivity contribution in [1.29, 1.82) is 5.26 Å². The third kappa shape index (κ3) is 4.72. The standard InChI is InChI=1S/C26H22Cl2N8/c1-14-3-6-18(8-21(14)27)33-24-17(10-29)12-31-26-20(24)7-19(9-22(26)28)34-25(23-13-32-36-35-23)16-5-4-15(2)30-11-16/h3-9,11-13,25,32,34-36H,1-2H3,(H,31,33)/t25-/m0/s1. The van der Waals surface area contributed by atoms with E-state index in [-0.39, 0.29) is 6.04 Å². The van der Waals surface area contributed by atoms with Crippen molar-refractivity contribution < 1.29 is 0 Å². The van der Waals surface area contributed by atoms with Gasteiger partial charge in [-0.05, 0) is 55.3 Å². The fourth-order valence-corrected chi connectivity index (χ4v) is 4.40. The Morgan fingerprint density at radius 3 is 2.50 bits per heavy atom. The summed E-state index contributed by atoms with van der Waals surface area (Å²) in [5, 5.41) is 18.5. The Kier molecular flexibility index (Phi) is 6.53. The SMILES string of the molecule is Cc1ccc([C@H](Nc2cc(Cl)c3ncc(C#N)c(Nc4ccc(C)c(Cl)c4)c3c2)C2=CNNN2)cn1. The number of hydrogen-bond donors (Lipinski definition) is 5. The summed E-state index contributed by atoms with van der Waals surface area (Å²) in [4.78, 5) is 8.90. The minimum atomic E-state index is -0.256. The normalized spacial score (nSPS) is 13.4. The molecule has 0 bridgehead atoms. The highest BCUT2D eigenvalue weighted by Gasteiger charge is 2.21. The lowest BCUT2D eigenvalue weighted by molar-refractivity contribution is 0.583. The van der Waals surface area contributed by atoms with E-state index in [0.29, 0.717) is 32.2 Å². The fourth-order valence-electron chi connectivity index (χ4n) is 3.95. The number of nitriles is 1. The van der Waals surface area contributed by atoms with Gasteiger partial charge in [-0.15, -0.1) is 0 Å². The average Bonchev–Trinajstić information content (AvgIpc) is 3.40. The molecule has 0 unspecified atom stereocenters. The summed E-state index contributed by atoms with van der Waals surface area (Å²) in [7, 11) is 0. The van der Waals surface area contributed by atoms with E-state index < -0.39 is 0 Å². The van der Waals surface area contributed by atoms with Crippen molar-refractivity contribution in [3.8, 4) is 6.07 Å². The molecule has 0 aliphatic carbocycles. The molecular weight excluding hydrogens is 495 g/mol. The lowest BCUT2D eigenvalue weighted by Crippen LogP contribution is -2.33. The topological polar surface area (TPSA) is 110 Å². The van der Waals surface area contributed by atoms with Crippen molar-refractivity contribution in [3.05, 3.63) is 99.2 Å². The number of pyridine rings is 2. The molecule has 0 fully saturated rings. The van der Waals surface area contributed by atoms with Crippen LogP contribution >= 0.6 is 23.2 Å². The van der Waals surface area contributed by atoms with E-state index in [1.807, 2.05) is 68.7 Å². The molecule has 4 aromatic rings. The molecule has 1 atom stereocenters. The summed E-state index contributed by atoms with van der Waals surface area (Å²) < 4.78 is 0. The third-order valence-electron chi connectivity index (χ3n) is 5.88. The van der Waals surface area contributed by atoms with Gasteiger partial charge in [-0.25, -0.2) is 0 Å². The summed E-state index contributed by atoms with van der Waals surface area (Å²) in [6.07, 6.45) is 5.19. The van der Waals surface area contributed by atoms with Gasteiger partial charge in [0.2, 0.25) is 0 Å². The van der Waals surface area contributed by atoms with Gasteiger partial charge < -0.3 is 21.5 Å². The first kappa shape index (κ1) is 23.7. The molecule has 10 heteroatoms. The van der Waals surface area contributed by atoms with Crippen LogP contribution in [0.15, 0.2) is 66.8 Å². The minimum Gasteiger partial charge on any atom is -0.373 e.